The van der Waals surface area contributed by atoms with Gasteiger partial charge in [-0.25, -0.2) is 0 Å². The molecular weight excluding hydrogens is 180 g/mol. The lowest BCUT2D eigenvalue weighted by molar-refractivity contribution is -0.0673. The second-order valence-electron chi connectivity index (χ2n) is 6.07. The lowest BCUT2D eigenvalue weighted by Crippen LogP contribution is -2.49. The predicted octanol–water partition coefficient (Wildman–Crippen LogP) is 4.99. The molecule has 3 atom stereocenters. The van der Waals surface area contributed by atoms with E-state index in [0.717, 1.165) is 35.5 Å². The average molecular weight is 210 g/mol. The normalized spacial score (nSPS) is 37.8. The van der Waals surface area contributed by atoms with Crippen molar-refractivity contribution in [3.05, 3.63) is 0 Å². The highest BCUT2D eigenvalue weighted by atomic mass is 14.5. The molecule has 0 aliphatic heterocycles. The van der Waals surface area contributed by atoms with E-state index < -0.39 is 0 Å². The van der Waals surface area contributed by atoms with Crippen LogP contribution in [0.1, 0.15) is 60.8 Å². The monoisotopic (exact) mass is 210 g/mol. The maximum absolute atomic E-state index is 2.49. The summed E-state index contributed by atoms with van der Waals surface area (Å²) >= 11 is 0. The Labute approximate surface area is 96.8 Å². The van der Waals surface area contributed by atoms with Gasteiger partial charge in [-0.05, 0) is 35.5 Å². The van der Waals surface area contributed by atoms with E-state index in [-0.39, 0.29) is 0 Å². The van der Waals surface area contributed by atoms with E-state index in [1.54, 1.807) is 0 Å². The predicted molar refractivity (Wildman–Crippen MR) is 68.8 cm³/mol. The molecule has 0 bridgehead atoms. The number of hydrogen-bond donors (Lipinski definition) is 0. The third-order valence-electron chi connectivity index (χ3n) is 4.93. The minimum atomic E-state index is 0.880. The summed E-state index contributed by atoms with van der Waals surface area (Å²) in [6.45, 7) is 14.5. The molecule has 1 aliphatic rings. The number of hydrogen-bond acceptors (Lipinski definition) is 0. The van der Waals surface area contributed by atoms with Crippen LogP contribution in [0.5, 0.6) is 0 Å². The standard InChI is InChI=1S/C15H30/c1-7-9-13(8-2)15-11(5)14(10(3)4)12(15)6/h10-15H,7-9H2,1-6H3. The molecule has 0 nitrogen and oxygen atoms in total. The van der Waals surface area contributed by atoms with E-state index in [9.17, 15) is 0 Å². The molecule has 0 heteroatoms. The van der Waals surface area contributed by atoms with Crippen molar-refractivity contribution in [2.75, 3.05) is 0 Å². The second-order valence-corrected chi connectivity index (χ2v) is 6.07. The van der Waals surface area contributed by atoms with Gasteiger partial charge >= 0.3 is 0 Å². The van der Waals surface area contributed by atoms with Crippen LogP contribution in [0.4, 0.5) is 0 Å². The topological polar surface area (TPSA) is 0 Å². The highest BCUT2D eigenvalue weighted by Crippen LogP contribution is 2.54. The van der Waals surface area contributed by atoms with Gasteiger partial charge in [-0.2, -0.15) is 0 Å². The van der Waals surface area contributed by atoms with E-state index in [1.165, 1.54) is 19.3 Å². The fourth-order valence-electron chi connectivity index (χ4n) is 4.44. The highest BCUT2D eigenvalue weighted by Gasteiger charge is 2.48. The van der Waals surface area contributed by atoms with E-state index in [4.69, 9.17) is 0 Å². The fourth-order valence-corrected chi connectivity index (χ4v) is 4.44. The molecule has 0 saturated heterocycles. The minimum absolute atomic E-state index is 0.880. The van der Waals surface area contributed by atoms with E-state index in [2.05, 4.69) is 41.5 Å². The van der Waals surface area contributed by atoms with Crippen molar-refractivity contribution >= 4 is 0 Å². The molecule has 3 unspecified atom stereocenters. The van der Waals surface area contributed by atoms with Crippen molar-refractivity contribution in [2.45, 2.75) is 60.8 Å². The van der Waals surface area contributed by atoms with Gasteiger partial charge in [0.05, 0.1) is 0 Å². The zero-order valence-corrected chi connectivity index (χ0v) is 11.6. The molecule has 0 aromatic carbocycles. The molecule has 0 aromatic heterocycles. The molecule has 1 rings (SSSR count). The van der Waals surface area contributed by atoms with Gasteiger partial charge in [-0.3, -0.25) is 0 Å². The third-order valence-corrected chi connectivity index (χ3v) is 4.93. The molecular formula is C15H30. The van der Waals surface area contributed by atoms with E-state index in [1.807, 2.05) is 0 Å². The van der Waals surface area contributed by atoms with E-state index >= 15 is 0 Å². The van der Waals surface area contributed by atoms with Crippen molar-refractivity contribution in [1.82, 2.24) is 0 Å². The summed E-state index contributed by atoms with van der Waals surface area (Å²) in [5.74, 6) is 5.82. The van der Waals surface area contributed by atoms with Gasteiger partial charge < -0.3 is 0 Å². The Balaban J connectivity index is 2.58. The minimum Gasteiger partial charge on any atom is -0.0654 e. The number of rotatable bonds is 5. The van der Waals surface area contributed by atoms with Crippen molar-refractivity contribution in [3.63, 3.8) is 0 Å². The van der Waals surface area contributed by atoms with Gasteiger partial charge in [0.15, 0.2) is 0 Å². The molecule has 1 fully saturated rings. The van der Waals surface area contributed by atoms with Crippen LogP contribution in [0.15, 0.2) is 0 Å². The van der Waals surface area contributed by atoms with Gasteiger partial charge in [0, 0.05) is 0 Å². The summed E-state index contributed by atoms with van der Waals surface area (Å²) < 4.78 is 0. The Morgan fingerprint density at radius 1 is 0.933 bits per heavy atom. The summed E-state index contributed by atoms with van der Waals surface area (Å²) in [4.78, 5) is 0. The third kappa shape index (κ3) is 2.40. The van der Waals surface area contributed by atoms with Gasteiger partial charge in [0.2, 0.25) is 0 Å². The SMILES string of the molecule is CCCC(CC)C1C(C)C(C(C)C)C1C. The lowest BCUT2D eigenvalue weighted by atomic mass is 9.50. The van der Waals surface area contributed by atoms with Crippen molar-refractivity contribution < 1.29 is 0 Å². The first-order valence-electron chi connectivity index (χ1n) is 7.04. The smallest absolute Gasteiger partial charge is 0.0329 e. The Morgan fingerprint density at radius 3 is 1.80 bits per heavy atom. The molecule has 90 valence electrons. The van der Waals surface area contributed by atoms with Crippen molar-refractivity contribution in [3.8, 4) is 0 Å². The maximum atomic E-state index is 2.49. The summed E-state index contributed by atoms with van der Waals surface area (Å²) in [5, 5.41) is 0. The Hall–Kier alpha value is 0. The van der Waals surface area contributed by atoms with Gasteiger partial charge in [0.1, 0.15) is 0 Å². The van der Waals surface area contributed by atoms with Crippen LogP contribution in [0, 0.1) is 35.5 Å². The summed E-state index contributed by atoms with van der Waals surface area (Å²) in [7, 11) is 0. The first-order chi connectivity index (χ1) is 7.04. The van der Waals surface area contributed by atoms with Crippen LogP contribution < -0.4 is 0 Å². The summed E-state index contributed by atoms with van der Waals surface area (Å²) in [5.41, 5.74) is 0. The molecule has 0 aromatic rings. The second kappa shape index (κ2) is 5.37. The fraction of sp³-hybridized carbons (Fsp3) is 1.00. The Bertz CT molecular complexity index is 172. The van der Waals surface area contributed by atoms with Crippen molar-refractivity contribution in [2.24, 2.45) is 35.5 Å². The van der Waals surface area contributed by atoms with Crippen molar-refractivity contribution in [1.29, 1.82) is 0 Å². The molecule has 0 spiro atoms. The quantitative estimate of drug-likeness (QED) is 0.600. The van der Waals surface area contributed by atoms with Crippen LogP contribution in [0.3, 0.4) is 0 Å². The van der Waals surface area contributed by atoms with Crippen LogP contribution in [-0.2, 0) is 0 Å². The highest BCUT2D eigenvalue weighted by molar-refractivity contribution is 4.96. The van der Waals surface area contributed by atoms with Gasteiger partial charge in [-0.1, -0.05) is 60.8 Å². The van der Waals surface area contributed by atoms with Crippen LogP contribution in [0.2, 0.25) is 0 Å². The Morgan fingerprint density at radius 2 is 1.47 bits per heavy atom. The molecule has 0 amide bonds. The van der Waals surface area contributed by atoms with Gasteiger partial charge in [0.25, 0.3) is 0 Å². The van der Waals surface area contributed by atoms with Gasteiger partial charge in [-0.15, -0.1) is 0 Å². The zero-order valence-electron chi connectivity index (χ0n) is 11.6. The Kier molecular flexibility index (Phi) is 4.67. The van der Waals surface area contributed by atoms with Crippen LogP contribution in [-0.4, -0.2) is 0 Å². The van der Waals surface area contributed by atoms with Crippen LogP contribution >= 0.6 is 0 Å². The average Bonchev–Trinajstić information content (AvgIpc) is 2.16. The van der Waals surface area contributed by atoms with Crippen LogP contribution in [0.25, 0.3) is 0 Å². The molecule has 0 heterocycles. The summed E-state index contributed by atoms with van der Waals surface area (Å²) in [6.07, 6.45) is 4.19. The first kappa shape index (κ1) is 13.1. The zero-order chi connectivity index (χ0) is 11.6. The molecule has 15 heavy (non-hydrogen) atoms. The molecule has 0 N–H and O–H groups in total. The lowest BCUT2D eigenvalue weighted by Gasteiger charge is -2.55. The molecule has 1 aliphatic carbocycles. The molecule has 0 radical (unpaired) electrons. The molecule has 1 saturated carbocycles. The first-order valence-corrected chi connectivity index (χ1v) is 7.04. The maximum Gasteiger partial charge on any atom is -0.0329 e. The summed E-state index contributed by atoms with van der Waals surface area (Å²) in [6, 6.07) is 0. The largest absolute Gasteiger partial charge is 0.0654 e. The van der Waals surface area contributed by atoms with E-state index in [0.29, 0.717) is 0 Å².